The molecular weight excluding hydrogens is 448 g/mol. The maximum Gasteiger partial charge on any atom is 0.287 e. The zero-order chi connectivity index (χ0) is 19.3. The molecule has 1 aromatic heterocycles. The zero-order valence-electron chi connectivity index (χ0n) is 15.5. The first-order valence-electron chi connectivity index (χ1n) is 8.99. The molecule has 0 N–H and O–H groups in total. The first-order chi connectivity index (χ1) is 13.7. The summed E-state index contributed by atoms with van der Waals surface area (Å²) in [6.07, 6.45) is 3.56. The van der Waals surface area contributed by atoms with E-state index in [1.165, 1.54) is 11.1 Å². The summed E-state index contributed by atoms with van der Waals surface area (Å²) in [5, 5.41) is 0.619. The van der Waals surface area contributed by atoms with Gasteiger partial charge in [-0.05, 0) is 52.5 Å². The number of benzene rings is 3. The minimum absolute atomic E-state index is 0. The molecule has 0 fully saturated rings. The molecule has 0 atom stereocenters. The van der Waals surface area contributed by atoms with Gasteiger partial charge in [0.1, 0.15) is 0 Å². The van der Waals surface area contributed by atoms with E-state index in [2.05, 4.69) is 41.4 Å². The fourth-order valence-corrected chi connectivity index (χ4v) is 3.13. The first kappa shape index (κ1) is 20.9. The van der Waals surface area contributed by atoms with E-state index in [9.17, 15) is 4.79 Å². The summed E-state index contributed by atoms with van der Waals surface area (Å²) >= 11 is 5.87. The molecule has 0 spiro atoms. The highest BCUT2D eigenvalue weighted by Gasteiger charge is 2.12. The third kappa shape index (κ3) is 5.17. The Kier molecular flexibility index (Phi) is 6.91. The average Bonchev–Trinajstić information content (AvgIpc) is 2.75. The van der Waals surface area contributed by atoms with Crippen molar-refractivity contribution in [1.82, 2.24) is 4.98 Å². The van der Waals surface area contributed by atoms with Gasteiger partial charge in [0.2, 0.25) is 5.78 Å². The van der Waals surface area contributed by atoms with Crippen LogP contribution in [-0.4, -0.2) is 10.8 Å². The van der Waals surface area contributed by atoms with Crippen LogP contribution >= 0.6 is 28.6 Å². The van der Waals surface area contributed by atoms with Gasteiger partial charge in [-0.2, -0.15) is 0 Å². The summed E-state index contributed by atoms with van der Waals surface area (Å²) in [7, 11) is 0. The Labute approximate surface area is 185 Å². The second-order valence-corrected chi connectivity index (χ2v) is 6.93. The maximum absolute atomic E-state index is 12.4. The van der Waals surface area contributed by atoms with Crippen molar-refractivity contribution < 1.29 is 9.36 Å². The van der Waals surface area contributed by atoms with Gasteiger partial charge in [-0.1, -0.05) is 54.1 Å². The van der Waals surface area contributed by atoms with Gasteiger partial charge in [-0.25, -0.2) is 4.57 Å². The van der Waals surface area contributed by atoms with Gasteiger partial charge < -0.3 is 0 Å². The van der Waals surface area contributed by atoms with Crippen molar-refractivity contribution >= 4 is 34.4 Å². The van der Waals surface area contributed by atoms with Gasteiger partial charge in [-0.15, -0.1) is 17.0 Å². The lowest BCUT2D eigenvalue weighted by Gasteiger charge is -2.03. The molecule has 0 saturated carbocycles. The van der Waals surface area contributed by atoms with Crippen molar-refractivity contribution in [3.63, 3.8) is 0 Å². The van der Waals surface area contributed by atoms with Gasteiger partial charge in [0.05, 0.1) is 6.20 Å². The van der Waals surface area contributed by atoms with Crippen LogP contribution in [0.25, 0.3) is 22.4 Å². The standard InChI is InChI=1S/C24H18ClN2O.BrH/c25-22-12-10-21(11-13-22)24(28)16-27-15-14-23(26-17-27)20-8-6-19(7-9-20)18-4-2-1-3-5-18;/h1-15,17H,16H2;1H/q+1;. The Morgan fingerprint density at radius 3 is 2.03 bits per heavy atom. The molecule has 0 unspecified atom stereocenters. The summed E-state index contributed by atoms with van der Waals surface area (Å²) in [5.41, 5.74) is 4.90. The molecule has 0 bridgehead atoms. The molecule has 0 amide bonds. The summed E-state index contributed by atoms with van der Waals surface area (Å²) in [5.74, 6) is 0.0171. The SMILES string of the molecule is Br.O=C(C[n+]1ccc(-c2ccc(-c3ccccc3)cc2)nc1)c1ccc(Cl)cc1. The molecule has 0 aliphatic heterocycles. The van der Waals surface area contributed by atoms with Gasteiger partial charge in [0.25, 0.3) is 6.33 Å². The molecule has 0 radical (unpaired) electrons. The van der Waals surface area contributed by atoms with Crippen molar-refractivity contribution in [2.24, 2.45) is 0 Å². The minimum Gasteiger partial charge on any atom is -0.290 e. The quantitative estimate of drug-likeness (QED) is 0.274. The Bertz CT molecular complexity index is 1080. The van der Waals surface area contributed by atoms with Crippen LogP contribution in [0.5, 0.6) is 0 Å². The Morgan fingerprint density at radius 2 is 1.41 bits per heavy atom. The zero-order valence-corrected chi connectivity index (χ0v) is 18.0. The van der Waals surface area contributed by atoms with E-state index in [0.29, 0.717) is 10.6 Å². The molecule has 1 heterocycles. The molecule has 5 heteroatoms. The van der Waals surface area contributed by atoms with E-state index in [-0.39, 0.29) is 29.3 Å². The number of aromatic nitrogens is 2. The number of carbonyl (C=O) groups excluding carboxylic acids is 1. The van der Waals surface area contributed by atoms with Crippen LogP contribution in [0.1, 0.15) is 10.4 Å². The molecular formula is C24H19BrClN2O+. The second-order valence-electron chi connectivity index (χ2n) is 6.49. The minimum atomic E-state index is 0. The number of halogens is 2. The molecule has 4 rings (SSSR count). The molecule has 4 aromatic rings. The van der Waals surface area contributed by atoms with Crippen molar-refractivity contribution in [1.29, 1.82) is 0 Å². The van der Waals surface area contributed by atoms with E-state index in [1.807, 2.05) is 30.5 Å². The van der Waals surface area contributed by atoms with Crippen molar-refractivity contribution in [3.8, 4) is 22.4 Å². The predicted molar refractivity (Wildman–Crippen MR) is 121 cm³/mol. The summed E-state index contributed by atoms with van der Waals surface area (Å²) in [4.78, 5) is 16.9. The van der Waals surface area contributed by atoms with Crippen LogP contribution in [0.15, 0.2) is 97.5 Å². The van der Waals surface area contributed by atoms with E-state index in [4.69, 9.17) is 11.6 Å². The van der Waals surface area contributed by atoms with Crippen LogP contribution in [0.4, 0.5) is 0 Å². The lowest BCUT2D eigenvalue weighted by Crippen LogP contribution is -2.37. The van der Waals surface area contributed by atoms with Crippen LogP contribution in [0.2, 0.25) is 5.02 Å². The number of nitrogens with zero attached hydrogens (tertiary/aromatic N) is 2. The van der Waals surface area contributed by atoms with Gasteiger partial charge in [0.15, 0.2) is 12.2 Å². The fourth-order valence-electron chi connectivity index (χ4n) is 3.01. The highest BCUT2D eigenvalue weighted by molar-refractivity contribution is 8.93. The highest BCUT2D eigenvalue weighted by Crippen LogP contribution is 2.23. The largest absolute Gasteiger partial charge is 0.290 e. The van der Waals surface area contributed by atoms with E-state index >= 15 is 0 Å². The van der Waals surface area contributed by atoms with Crippen molar-refractivity contribution in [3.05, 3.63) is 108 Å². The van der Waals surface area contributed by atoms with Crippen molar-refractivity contribution in [2.75, 3.05) is 0 Å². The molecule has 0 aliphatic carbocycles. The molecule has 144 valence electrons. The predicted octanol–water partition coefficient (Wildman–Crippen LogP) is 5.82. The third-order valence-electron chi connectivity index (χ3n) is 4.55. The van der Waals surface area contributed by atoms with E-state index in [1.54, 1.807) is 35.2 Å². The molecule has 0 aliphatic rings. The maximum atomic E-state index is 12.4. The van der Waals surface area contributed by atoms with Crippen LogP contribution in [-0.2, 0) is 6.54 Å². The summed E-state index contributed by atoms with van der Waals surface area (Å²) < 4.78 is 1.78. The third-order valence-corrected chi connectivity index (χ3v) is 4.80. The number of ketones is 1. The smallest absolute Gasteiger partial charge is 0.287 e. The molecule has 29 heavy (non-hydrogen) atoms. The second kappa shape index (κ2) is 9.59. The monoisotopic (exact) mass is 465 g/mol. The average molecular weight is 467 g/mol. The number of rotatable bonds is 5. The Hall–Kier alpha value is -2.82. The number of hydrogen-bond acceptors (Lipinski definition) is 2. The Balaban J connectivity index is 0.00000240. The van der Waals surface area contributed by atoms with Gasteiger partial charge in [-0.3, -0.25) is 4.79 Å². The van der Waals surface area contributed by atoms with E-state index in [0.717, 1.165) is 11.3 Å². The fraction of sp³-hybridized carbons (Fsp3) is 0.0417. The van der Waals surface area contributed by atoms with Crippen LogP contribution in [0.3, 0.4) is 0 Å². The van der Waals surface area contributed by atoms with E-state index < -0.39 is 0 Å². The van der Waals surface area contributed by atoms with Crippen LogP contribution < -0.4 is 4.57 Å². The van der Waals surface area contributed by atoms with Crippen LogP contribution in [0, 0.1) is 0 Å². The first-order valence-corrected chi connectivity index (χ1v) is 9.36. The molecule has 3 aromatic carbocycles. The normalized spacial score (nSPS) is 10.2. The number of carbonyl (C=O) groups is 1. The van der Waals surface area contributed by atoms with Crippen molar-refractivity contribution in [2.45, 2.75) is 6.54 Å². The Morgan fingerprint density at radius 1 is 0.793 bits per heavy atom. The number of Topliss-reactive ketones (excluding diaryl/α,β-unsaturated/α-hetero) is 1. The lowest BCUT2D eigenvalue weighted by atomic mass is 10.0. The summed E-state index contributed by atoms with van der Waals surface area (Å²) in [6.45, 7) is 0.238. The lowest BCUT2D eigenvalue weighted by molar-refractivity contribution is -0.686. The molecule has 0 saturated heterocycles. The molecule has 3 nitrogen and oxygen atoms in total. The topological polar surface area (TPSA) is 33.8 Å². The highest BCUT2D eigenvalue weighted by atomic mass is 79.9. The van der Waals surface area contributed by atoms with Gasteiger partial charge >= 0.3 is 0 Å². The van der Waals surface area contributed by atoms with Gasteiger partial charge in [0, 0.05) is 22.2 Å². The number of hydrogen-bond donors (Lipinski definition) is 0. The summed E-state index contributed by atoms with van der Waals surface area (Å²) in [6, 6.07) is 27.4.